The van der Waals surface area contributed by atoms with Crippen molar-refractivity contribution < 1.29 is 4.42 Å². The fraction of sp³-hybridized carbons (Fsp3) is 0.353. The number of hydrogen-bond acceptors (Lipinski definition) is 3. The molecule has 0 aliphatic carbocycles. The highest BCUT2D eigenvalue weighted by molar-refractivity contribution is 5.74. The first kappa shape index (κ1) is 13.9. The number of fused-ring (bicyclic) bond motifs is 1. The molecule has 0 fully saturated rings. The summed E-state index contributed by atoms with van der Waals surface area (Å²) in [6.45, 7) is 6.89. The minimum Gasteiger partial charge on any atom is -0.463 e. The Kier molecular flexibility index (Phi) is 4.06. The first-order chi connectivity index (χ1) is 10.2. The van der Waals surface area contributed by atoms with Crippen LogP contribution in [0.2, 0.25) is 0 Å². The van der Waals surface area contributed by atoms with Gasteiger partial charge in [0.25, 0.3) is 0 Å². The van der Waals surface area contributed by atoms with E-state index in [0.717, 1.165) is 35.6 Å². The third-order valence-electron chi connectivity index (χ3n) is 3.42. The fourth-order valence-corrected chi connectivity index (χ4v) is 2.39. The molecule has 2 aromatic heterocycles. The number of rotatable bonds is 6. The molecule has 2 heterocycles. The molecule has 0 aliphatic heterocycles. The van der Waals surface area contributed by atoms with Crippen LogP contribution in [0.4, 0.5) is 0 Å². The Morgan fingerprint density at radius 1 is 1.14 bits per heavy atom. The van der Waals surface area contributed by atoms with Crippen LogP contribution >= 0.6 is 0 Å². The summed E-state index contributed by atoms with van der Waals surface area (Å²) in [5.41, 5.74) is 2.15. The van der Waals surface area contributed by atoms with Crippen LogP contribution in [-0.2, 0) is 13.1 Å². The van der Waals surface area contributed by atoms with Gasteiger partial charge in [0.15, 0.2) is 0 Å². The van der Waals surface area contributed by atoms with Gasteiger partial charge < -0.3 is 14.3 Å². The van der Waals surface area contributed by atoms with Gasteiger partial charge in [-0.2, -0.15) is 0 Å². The summed E-state index contributed by atoms with van der Waals surface area (Å²) in [5, 5.41) is 3.39. The summed E-state index contributed by atoms with van der Waals surface area (Å²) in [5.74, 6) is 2.59. The molecule has 4 nitrogen and oxygen atoms in total. The van der Waals surface area contributed by atoms with Crippen LogP contribution in [0, 0.1) is 5.92 Å². The van der Waals surface area contributed by atoms with Gasteiger partial charge in [-0.15, -0.1) is 0 Å². The molecule has 0 saturated heterocycles. The summed E-state index contributed by atoms with van der Waals surface area (Å²) in [6, 6.07) is 12.2. The maximum absolute atomic E-state index is 5.88. The SMILES string of the molecule is CC(C)CNCc1ccc(Cn2cnc3ccccc32)o1. The number of aromatic nitrogens is 2. The van der Waals surface area contributed by atoms with E-state index in [9.17, 15) is 0 Å². The third kappa shape index (κ3) is 3.34. The van der Waals surface area contributed by atoms with Gasteiger partial charge in [-0.1, -0.05) is 26.0 Å². The lowest BCUT2D eigenvalue weighted by atomic mass is 10.2. The van der Waals surface area contributed by atoms with Crippen molar-refractivity contribution in [2.75, 3.05) is 6.54 Å². The second-order valence-corrected chi connectivity index (χ2v) is 5.75. The molecule has 0 radical (unpaired) electrons. The zero-order valence-electron chi connectivity index (χ0n) is 12.5. The second kappa shape index (κ2) is 6.14. The molecular weight excluding hydrogens is 262 g/mol. The molecule has 4 heteroatoms. The number of para-hydroxylation sites is 2. The Morgan fingerprint density at radius 3 is 2.81 bits per heavy atom. The van der Waals surface area contributed by atoms with Crippen LogP contribution in [0.3, 0.4) is 0 Å². The van der Waals surface area contributed by atoms with Crippen molar-refractivity contribution >= 4 is 11.0 Å². The molecule has 0 amide bonds. The molecule has 21 heavy (non-hydrogen) atoms. The molecule has 3 aromatic rings. The Bertz CT molecular complexity index is 711. The van der Waals surface area contributed by atoms with E-state index in [4.69, 9.17) is 4.42 Å². The topological polar surface area (TPSA) is 43.0 Å². The Balaban J connectivity index is 1.67. The van der Waals surface area contributed by atoms with Gasteiger partial charge in [0, 0.05) is 0 Å². The van der Waals surface area contributed by atoms with E-state index in [1.165, 1.54) is 0 Å². The van der Waals surface area contributed by atoms with Gasteiger partial charge in [0.05, 0.1) is 30.5 Å². The molecule has 0 bridgehead atoms. The quantitative estimate of drug-likeness (QED) is 0.753. The maximum atomic E-state index is 5.88. The fourth-order valence-electron chi connectivity index (χ4n) is 2.39. The summed E-state index contributed by atoms with van der Waals surface area (Å²) in [7, 11) is 0. The van der Waals surface area contributed by atoms with Crippen LogP contribution in [0.15, 0.2) is 47.1 Å². The summed E-state index contributed by atoms with van der Waals surface area (Å²) < 4.78 is 7.99. The largest absolute Gasteiger partial charge is 0.463 e. The van der Waals surface area contributed by atoms with Crippen molar-refractivity contribution in [1.29, 1.82) is 0 Å². The average molecular weight is 283 g/mol. The zero-order valence-corrected chi connectivity index (χ0v) is 12.5. The lowest BCUT2D eigenvalue weighted by Crippen LogP contribution is -2.18. The Labute approximate surface area is 124 Å². The number of benzene rings is 1. The van der Waals surface area contributed by atoms with E-state index in [0.29, 0.717) is 12.5 Å². The highest BCUT2D eigenvalue weighted by atomic mass is 16.3. The summed E-state index contributed by atoms with van der Waals surface area (Å²) in [4.78, 5) is 4.40. The maximum Gasteiger partial charge on any atom is 0.124 e. The first-order valence-corrected chi connectivity index (χ1v) is 7.40. The van der Waals surface area contributed by atoms with Crippen LogP contribution in [0.5, 0.6) is 0 Å². The van der Waals surface area contributed by atoms with Crippen molar-refractivity contribution in [2.45, 2.75) is 26.9 Å². The molecular formula is C17H21N3O. The normalized spacial score (nSPS) is 11.6. The lowest BCUT2D eigenvalue weighted by Gasteiger charge is -2.05. The van der Waals surface area contributed by atoms with E-state index >= 15 is 0 Å². The molecule has 0 atom stereocenters. The van der Waals surface area contributed by atoms with Crippen LogP contribution in [0.1, 0.15) is 25.4 Å². The van der Waals surface area contributed by atoms with Crippen molar-refractivity contribution in [1.82, 2.24) is 14.9 Å². The number of nitrogens with zero attached hydrogens (tertiary/aromatic N) is 2. The van der Waals surface area contributed by atoms with Crippen molar-refractivity contribution in [3.63, 3.8) is 0 Å². The zero-order chi connectivity index (χ0) is 14.7. The van der Waals surface area contributed by atoms with E-state index < -0.39 is 0 Å². The Hall–Kier alpha value is -2.07. The highest BCUT2D eigenvalue weighted by Gasteiger charge is 2.06. The number of imidazole rings is 1. The molecule has 0 unspecified atom stereocenters. The molecule has 0 saturated carbocycles. The Morgan fingerprint density at radius 2 is 1.95 bits per heavy atom. The first-order valence-electron chi connectivity index (χ1n) is 7.40. The summed E-state index contributed by atoms with van der Waals surface area (Å²) >= 11 is 0. The van der Waals surface area contributed by atoms with Gasteiger partial charge in [-0.25, -0.2) is 4.98 Å². The minimum absolute atomic E-state index is 0.650. The minimum atomic E-state index is 0.650. The van der Waals surface area contributed by atoms with E-state index in [-0.39, 0.29) is 0 Å². The van der Waals surface area contributed by atoms with Crippen molar-refractivity contribution in [3.8, 4) is 0 Å². The van der Waals surface area contributed by atoms with Gasteiger partial charge in [0.1, 0.15) is 11.5 Å². The lowest BCUT2D eigenvalue weighted by molar-refractivity contribution is 0.430. The van der Waals surface area contributed by atoms with Gasteiger partial charge in [-0.3, -0.25) is 0 Å². The number of hydrogen-bond donors (Lipinski definition) is 1. The van der Waals surface area contributed by atoms with Crippen molar-refractivity contribution in [3.05, 3.63) is 54.2 Å². The molecule has 0 aliphatic rings. The number of nitrogens with one attached hydrogen (secondary N) is 1. The highest BCUT2D eigenvalue weighted by Crippen LogP contribution is 2.15. The van der Waals surface area contributed by atoms with Gasteiger partial charge in [0.2, 0.25) is 0 Å². The molecule has 1 N–H and O–H groups in total. The van der Waals surface area contributed by atoms with E-state index in [1.807, 2.05) is 36.7 Å². The van der Waals surface area contributed by atoms with Crippen LogP contribution in [-0.4, -0.2) is 16.1 Å². The van der Waals surface area contributed by atoms with Gasteiger partial charge >= 0.3 is 0 Å². The third-order valence-corrected chi connectivity index (χ3v) is 3.42. The van der Waals surface area contributed by atoms with Crippen LogP contribution in [0.25, 0.3) is 11.0 Å². The molecule has 1 aromatic carbocycles. The van der Waals surface area contributed by atoms with Gasteiger partial charge in [-0.05, 0) is 36.7 Å². The van der Waals surface area contributed by atoms with Crippen molar-refractivity contribution in [2.24, 2.45) is 5.92 Å². The molecule has 3 rings (SSSR count). The van der Waals surface area contributed by atoms with E-state index in [1.54, 1.807) is 0 Å². The second-order valence-electron chi connectivity index (χ2n) is 5.75. The smallest absolute Gasteiger partial charge is 0.124 e. The monoisotopic (exact) mass is 283 g/mol. The molecule has 0 spiro atoms. The van der Waals surface area contributed by atoms with Crippen LogP contribution < -0.4 is 5.32 Å². The standard InChI is InChI=1S/C17H21N3O/c1-13(2)9-18-10-14-7-8-15(21-14)11-20-12-19-16-5-3-4-6-17(16)20/h3-8,12-13,18H,9-11H2,1-2H3. The number of furan rings is 1. The molecule has 110 valence electrons. The summed E-state index contributed by atoms with van der Waals surface area (Å²) in [6.07, 6.45) is 1.86. The van der Waals surface area contributed by atoms with E-state index in [2.05, 4.69) is 34.8 Å². The average Bonchev–Trinajstić information content (AvgIpc) is 3.07. The predicted molar refractivity (Wildman–Crippen MR) is 84.1 cm³/mol. The predicted octanol–water partition coefficient (Wildman–Crippen LogP) is 3.42.